The van der Waals surface area contributed by atoms with Gasteiger partial charge in [-0.2, -0.15) is 0 Å². The zero-order valence-electron chi connectivity index (χ0n) is 12.7. The number of methoxy groups -OCH3 is 1. The third-order valence-electron chi connectivity index (χ3n) is 3.49. The van der Waals surface area contributed by atoms with E-state index in [0.717, 1.165) is 11.4 Å². The van der Waals surface area contributed by atoms with Crippen molar-refractivity contribution in [2.45, 2.75) is 26.8 Å². The Balaban J connectivity index is 2.32. The van der Waals surface area contributed by atoms with E-state index in [0.29, 0.717) is 5.92 Å². The number of hydrogen-bond donors (Lipinski definition) is 1. The second kappa shape index (κ2) is 6.47. The highest BCUT2D eigenvalue weighted by Gasteiger charge is 2.17. The molecule has 0 fully saturated rings. The van der Waals surface area contributed by atoms with Gasteiger partial charge in [0.2, 0.25) is 0 Å². The molecule has 0 amide bonds. The highest BCUT2D eigenvalue weighted by Crippen LogP contribution is 2.32. The van der Waals surface area contributed by atoms with Crippen molar-refractivity contribution in [3.8, 4) is 5.75 Å². The quantitative estimate of drug-likeness (QED) is 0.840. The van der Waals surface area contributed by atoms with Crippen LogP contribution >= 0.6 is 0 Å². The zero-order valence-corrected chi connectivity index (χ0v) is 12.7. The monoisotopic (exact) mass is 269 g/mol. The van der Waals surface area contributed by atoms with E-state index < -0.39 is 0 Å². The van der Waals surface area contributed by atoms with E-state index in [2.05, 4.69) is 62.5 Å². The molecule has 1 atom stereocenters. The molecule has 0 aromatic heterocycles. The van der Waals surface area contributed by atoms with E-state index >= 15 is 0 Å². The molecule has 20 heavy (non-hydrogen) atoms. The van der Waals surface area contributed by atoms with E-state index in [9.17, 15) is 0 Å². The normalized spacial score (nSPS) is 12.2. The van der Waals surface area contributed by atoms with Crippen molar-refractivity contribution in [2.75, 3.05) is 12.4 Å². The molecule has 2 aromatic rings. The molecule has 2 nitrogen and oxygen atoms in total. The Kier molecular flexibility index (Phi) is 4.67. The van der Waals surface area contributed by atoms with Crippen LogP contribution in [0, 0.1) is 12.8 Å². The van der Waals surface area contributed by atoms with Crippen molar-refractivity contribution in [3.05, 3.63) is 59.7 Å². The van der Waals surface area contributed by atoms with E-state index in [-0.39, 0.29) is 6.04 Å². The zero-order chi connectivity index (χ0) is 14.5. The van der Waals surface area contributed by atoms with Crippen LogP contribution in [0.2, 0.25) is 0 Å². The fraction of sp³-hybridized carbons (Fsp3) is 0.333. The third kappa shape index (κ3) is 3.32. The first kappa shape index (κ1) is 14.4. The Morgan fingerprint density at radius 1 is 1.00 bits per heavy atom. The van der Waals surface area contributed by atoms with Gasteiger partial charge < -0.3 is 10.1 Å². The number of hydrogen-bond acceptors (Lipinski definition) is 2. The first-order chi connectivity index (χ1) is 9.61. The van der Waals surface area contributed by atoms with E-state index in [1.807, 2.05) is 12.1 Å². The number of anilines is 1. The minimum atomic E-state index is 0.270. The summed E-state index contributed by atoms with van der Waals surface area (Å²) in [4.78, 5) is 0. The number of aryl methyl sites for hydroxylation is 1. The summed E-state index contributed by atoms with van der Waals surface area (Å²) < 4.78 is 5.45. The fourth-order valence-electron chi connectivity index (χ4n) is 2.40. The predicted octanol–water partition coefficient (Wildman–Crippen LogP) is 4.81. The second-order valence-corrected chi connectivity index (χ2v) is 5.48. The lowest BCUT2D eigenvalue weighted by molar-refractivity contribution is 0.414. The highest BCUT2D eigenvalue weighted by atomic mass is 16.5. The van der Waals surface area contributed by atoms with Crippen LogP contribution < -0.4 is 10.1 Å². The van der Waals surface area contributed by atoms with Crippen molar-refractivity contribution in [2.24, 2.45) is 5.92 Å². The molecule has 0 aliphatic rings. The minimum Gasteiger partial charge on any atom is -0.495 e. The first-order valence-corrected chi connectivity index (χ1v) is 7.08. The molecule has 106 valence electrons. The van der Waals surface area contributed by atoms with Crippen LogP contribution in [0.3, 0.4) is 0 Å². The largest absolute Gasteiger partial charge is 0.495 e. The molecule has 2 rings (SSSR count). The Morgan fingerprint density at radius 2 is 1.70 bits per heavy atom. The molecule has 0 aliphatic heterocycles. The number of benzene rings is 2. The topological polar surface area (TPSA) is 21.3 Å². The van der Waals surface area contributed by atoms with Gasteiger partial charge in [0.25, 0.3) is 0 Å². The number of rotatable bonds is 5. The van der Waals surface area contributed by atoms with Crippen LogP contribution in [-0.4, -0.2) is 7.11 Å². The van der Waals surface area contributed by atoms with Crippen molar-refractivity contribution in [1.29, 1.82) is 0 Å². The summed E-state index contributed by atoms with van der Waals surface area (Å²) in [6.45, 7) is 6.55. The average molecular weight is 269 g/mol. The smallest absolute Gasteiger partial charge is 0.141 e. The fourth-order valence-corrected chi connectivity index (χ4v) is 2.40. The molecule has 2 aromatic carbocycles. The van der Waals surface area contributed by atoms with Crippen LogP contribution in [0.5, 0.6) is 5.75 Å². The third-order valence-corrected chi connectivity index (χ3v) is 3.49. The summed E-state index contributed by atoms with van der Waals surface area (Å²) in [6.07, 6.45) is 0. The Labute approximate surface area is 121 Å². The molecule has 1 unspecified atom stereocenters. The second-order valence-electron chi connectivity index (χ2n) is 5.48. The Bertz CT molecular complexity index is 549. The van der Waals surface area contributed by atoms with Crippen LogP contribution in [0.25, 0.3) is 0 Å². The maximum absolute atomic E-state index is 5.45. The van der Waals surface area contributed by atoms with Crippen LogP contribution in [0.1, 0.15) is 31.0 Å². The summed E-state index contributed by atoms with van der Waals surface area (Å²) >= 11 is 0. The molecule has 0 spiro atoms. The maximum Gasteiger partial charge on any atom is 0.141 e. The van der Waals surface area contributed by atoms with Gasteiger partial charge in [-0.3, -0.25) is 0 Å². The highest BCUT2D eigenvalue weighted by molar-refractivity contribution is 5.59. The lowest BCUT2D eigenvalue weighted by Gasteiger charge is -2.25. The van der Waals surface area contributed by atoms with E-state index in [4.69, 9.17) is 4.74 Å². The first-order valence-electron chi connectivity index (χ1n) is 7.08. The van der Waals surface area contributed by atoms with Gasteiger partial charge in [0.05, 0.1) is 18.8 Å². The maximum atomic E-state index is 5.45. The lowest BCUT2D eigenvalue weighted by atomic mass is 9.95. The molecular formula is C18H23NO. The summed E-state index contributed by atoms with van der Waals surface area (Å²) in [7, 11) is 1.71. The molecule has 1 N–H and O–H groups in total. The van der Waals surface area contributed by atoms with Gasteiger partial charge in [0.1, 0.15) is 5.75 Å². The molecule has 0 aliphatic carbocycles. The summed E-state index contributed by atoms with van der Waals surface area (Å²) in [6, 6.07) is 17.0. The van der Waals surface area contributed by atoms with Gasteiger partial charge >= 0.3 is 0 Å². The number of nitrogens with one attached hydrogen (secondary N) is 1. The van der Waals surface area contributed by atoms with Crippen LogP contribution in [0.4, 0.5) is 5.69 Å². The van der Waals surface area contributed by atoms with Crippen molar-refractivity contribution >= 4 is 5.69 Å². The van der Waals surface area contributed by atoms with Crippen LogP contribution in [-0.2, 0) is 0 Å². The Hall–Kier alpha value is -1.96. The Morgan fingerprint density at radius 3 is 2.30 bits per heavy atom. The summed E-state index contributed by atoms with van der Waals surface area (Å²) in [5.41, 5.74) is 3.57. The van der Waals surface area contributed by atoms with Gasteiger partial charge in [-0.25, -0.2) is 0 Å². The molecule has 0 bridgehead atoms. The minimum absolute atomic E-state index is 0.270. The summed E-state index contributed by atoms with van der Waals surface area (Å²) in [5.74, 6) is 1.37. The van der Waals surface area contributed by atoms with Gasteiger partial charge in [0.15, 0.2) is 0 Å². The van der Waals surface area contributed by atoms with Crippen molar-refractivity contribution in [1.82, 2.24) is 0 Å². The van der Waals surface area contributed by atoms with Gasteiger partial charge in [0, 0.05) is 0 Å². The summed E-state index contributed by atoms with van der Waals surface area (Å²) in [5, 5.41) is 3.63. The standard InChI is InChI=1S/C18H23NO/c1-13(2)18(15-8-6-5-7-9-15)19-16-12-14(3)10-11-17(16)20-4/h5-13,18-19H,1-4H3. The molecule has 2 heteroatoms. The van der Waals surface area contributed by atoms with Crippen LogP contribution in [0.15, 0.2) is 48.5 Å². The van der Waals surface area contributed by atoms with Gasteiger partial charge in [-0.1, -0.05) is 50.2 Å². The molecule has 0 radical (unpaired) electrons. The van der Waals surface area contributed by atoms with E-state index in [1.165, 1.54) is 11.1 Å². The lowest BCUT2D eigenvalue weighted by Crippen LogP contribution is -2.17. The predicted molar refractivity (Wildman–Crippen MR) is 85.4 cm³/mol. The SMILES string of the molecule is COc1ccc(C)cc1NC(c1ccccc1)C(C)C. The van der Waals surface area contributed by atoms with Gasteiger partial charge in [-0.05, 0) is 36.1 Å². The number of ether oxygens (including phenoxy) is 1. The van der Waals surface area contributed by atoms with Crippen molar-refractivity contribution < 1.29 is 4.74 Å². The average Bonchev–Trinajstić information content (AvgIpc) is 2.45. The molecular weight excluding hydrogens is 246 g/mol. The molecule has 0 saturated carbocycles. The van der Waals surface area contributed by atoms with Gasteiger partial charge in [-0.15, -0.1) is 0 Å². The van der Waals surface area contributed by atoms with E-state index in [1.54, 1.807) is 7.11 Å². The van der Waals surface area contributed by atoms with Crippen molar-refractivity contribution in [3.63, 3.8) is 0 Å². The molecule has 0 heterocycles. The molecule has 0 saturated heterocycles.